The first-order valence-electron chi connectivity index (χ1n) is 13.1. The van der Waals surface area contributed by atoms with E-state index in [9.17, 15) is 9.59 Å². The summed E-state index contributed by atoms with van der Waals surface area (Å²) >= 11 is 1.26. The van der Waals surface area contributed by atoms with Gasteiger partial charge >= 0.3 is 0 Å². The molecular weight excluding hydrogens is 512 g/mol. The van der Waals surface area contributed by atoms with Crippen LogP contribution in [0.1, 0.15) is 18.1 Å². The van der Waals surface area contributed by atoms with Gasteiger partial charge in [-0.15, -0.1) is 0 Å². The Morgan fingerprint density at radius 3 is 2.44 bits per heavy atom. The molecule has 9 heteroatoms. The molecule has 1 aliphatic rings. The first kappa shape index (κ1) is 26.8. The van der Waals surface area contributed by atoms with Crippen molar-refractivity contribution in [2.45, 2.75) is 25.0 Å². The van der Waals surface area contributed by atoms with Gasteiger partial charge in [-0.1, -0.05) is 43.0 Å². The average molecular weight is 545 g/mol. The van der Waals surface area contributed by atoms with E-state index in [2.05, 4.69) is 17.1 Å². The number of carbonyl (C=O) groups is 1. The molecule has 1 fully saturated rings. The van der Waals surface area contributed by atoms with Crippen LogP contribution in [0.5, 0.6) is 5.75 Å². The van der Waals surface area contributed by atoms with Crippen molar-refractivity contribution in [2.24, 2.45) is 0 Å². The molecule has 0 radical (unpaired) electrons. The van der Waals surface area contributed by atoms with Crippen molar-refractivity contribution >= 4 is 39.9 Å². The number of aromatic nitrogens is 2. The van der Waals surface area contributed by atoms with Crippen LogP contribution in [0.25, 0.3) is 10.9 Å². The molecule has 3 aromatic carbocycles. The number of rotatable bonds is 9. The number of hydrogen-bond acceptors (Lipinski definition) is 7. The number of carbonyl (C=O) groups excluding carboxylic acids is 1. The maximum atomic E-state index is 13.8. The number of aryl methyl sites for hydroxylation is 1. The smallest absolute Gasteiger partial charge is 0.262 e. The number of amides is 1. The Kier molecular flexibility index (Phi) is 8.48. The van der Waals surface area contributed by atoms with Gasteiger partial charge in [0, 0.05) is 24.5 Å². The van der Waals surface area contributed by atoms with E-state index >= 15 is 0 Å². The minimum absolute atomic E-state index is 0.127. The first-order valence-corrected chi connectivity index (χ1v) is 14.0. The lowest BCUT2D eigenvalue weighted by atomic mass is 10.1. The average Bonchev–Trinajstić information content (AvgIpc) is 2.98. The lowest BCUT2D eigenvalue weighted by Gasteiger charge is -2.29. The Hall–Kier alpha value is -3.82. The summed E-state index contributed by atoms with van der Waals surface area (Å²) in [6.45, 7) is 5.31. The number of fused-ring (bicyclic) bond motifs is 1. The molecule has 8 nitrogen and oxygen atoms in total. The van der Waals surface area contributed by atoms with E-state index in [1.54, 1.807) is 11.7 Å². The summed E-state index contributed by atoms with van der Waals surface area (Å²) in [7, 11) is 1.62. The molecule has 1 aliphatic heterocycles. The standard InChI is InChI=1S/C30H32N4O4S/c1-3-21-4-8-23(9-5-21)31-28(35)20-39-30-32-27-13-10-24(33-14-16-38-17-15-33)18-26(27)29(36)34(30)19-22-6-11-25(37-2)12-7-22/h4-13,18H,3,14-17,19-20H2,1-2H3,(H,31,35). The molecule has 202 valence electrons. The first-order chi connectivity index (χ1) is 19.0. The SMILES string of the molecule is CCc1ccc(NC(=O)CSc2nc3ccc(N4CCOCC4)cc3c(=O)n2Cc2ccc(OC)cc2)cc1. The molecule has 5 rings (SSSR count). The van der Waals surface area contributed by atoms with Crippen LogP contribution in [0.15, 0.2) is 76.7 Å². The van der Waals surface area contributed by atoms with E-state index in [1.165, 1.54) is 17.3 Å². The quantitative estimate of drug-likeness (QED) is 0.244. The van der Waals surface area contributed by atoms with E-state index in [0.717, 1.165) is 42.2 Å². The van der Waals surface area contributed by atoms with Gasteiger partial charge in [-0.05, 0) is 60.0 Å². The van der Waals surface area contributed by atoms with Crippen LogP contribution >= 0.6 is 11.8 Å². The van der Waals surface area contributed by atoms with E-state index < -0.39 is 0 Å². The number of hydrogen-bond donors (Lipinski definition) is 1. The maximum absolute atomic E-state index is 13.8. The molecule has 0 saturated carbocycles. The molecule has 0 aliphatic carbocycles. The van der Waals surface area contributed by atoms with Crippen molar-refractivity contribution in [3.05, 3.63) is 88.2 Å². The van der Waals surface area contributed by atoms with Crippen molar-refractivity contribution in [2.75, 3.05) is 49.4 Å². The Balaban J connectivity index is 1.43. The minimum Gasteiger partial charge on any atom is -0.497 e. The van der Waals surface area contributed by atoms with Gasteiger partial charge in [0.25, 0.3) is 5.56 Å². The van der Waals surface area contributed by atoms with E-state index in [4.69, 9.17) is 14.5 Å². The van der Waals surface area contributed by atoms with Crippen molar-refractivity contribution in [1.82, 2.24) is 9.55 Å². The Bertz CT molecular complexity index is 1500. The van der Waals surface area contributed by atoms with Crippen LogP contribution in [0, 0.1) is 0 Å². The van der Waals surface area contributed by atoms with Crippen LogP contribution in [-0.2, 0) is 22.5 Å². The largest absolute Gasteiger partial charge is 0.497 e. The lowest BCUT2D eigenvalue weighted by molar-refractivity contribution is -0.113. The predicted molar refractivity (Wildman–Crippen MR) is 156 cm³/mol. The molecular formula is C30H32N4O4S. The molecule has 0 unspecified atom stereocenters. The molecule has 1 aromatic heterocycles. The monoisotopic (exact) mass is 544 g/mol. The van der Waals surface area contributed by atoms with Crippen molar-refractivity contribution in [3.63, 3.8) is 0 Å². The summed E-state index contributed by atoms with van der Waals surface area (Å²) < 4.78 is 12.4. The van der Waals surface area contributed by atoms with E-state index in [0.29, 0.717) is 35.8 Å². The molecule has 2 heterocycles. The summed E-state index contributed by atoms with van der Waals surface area (Å²) in [5.74, 6) is 0.718. The number of anilines is 2. The van der Waals surface area contributed by atoms with E-state index in [1.807, 2.05) is 66.7 Å². The van der Waals surface area contributed by atoms with Gasteiger partial charge in [0.15, 0.2) is 5.16 Å². The molecule has 39 heavy (non-hydrogen) atoms. The van der Waals surface area contributed by atoms with Crippen LogP contribution in [0.2, 0.25) is 0 Å². The molecule has 0 atom stereocenters. The van der Waals surface area contributed by atoms with Gasteiger partial charge in [-0.2, -0.15) is 0 Å². The molecule has 0 spiro atoms. The molecule has 1 amide bonds. The van der Waals surface area contributed by atoms with Crippen LogP contribution in [0.3, 0.4) is 0 Å². The van der Waals surface area contributed by atoms with Crippen LogP contribution < -0.4 is 20.5 Å². The summed E-state index contributed by atoms with van der Waals surface area (Å²) in [5, 5.41) is 3.99. The van der Waals surface area contributed by atoms with Crippen molar-refractivity contribution in [3.8, 4) is 5.75 Å². The lowest BCUT2D eigenvalue weighted by Crippen LogP contribution is -2.36. The zero-order valence-electron chi connectivity index (χ0n) is 22.2. The fourth-order valence-corrected chi connectivity index (χ4v) is 5.32. The van der Waals surface area contributed by atoms with Gasteiger partial charge in [0.2, 0.25) is 5.91 Å². The van der Waals surface area contributed by atoms with Crippen molar-refractivity contribution < 1.29 is 14.3 Å². The highest BCUT2D eigenvalue weighted by Crippen LogP contribution is 2.24. The Morgan fingerprint density at radius 1 is 1.03 bits per heavy atom. The fourth-order valence-electron chi connectivity index (χ4n) is 4.52. The number of nitrogens with zero attached hydrogens (tertiary/aromatic N) is 3. The Morgan fingerprint density at radius 2 is 1.74 bits per heavy atom. The molecule has 1 saturated heterocycles. The number of benzene rings is 3. The minimum atomic E-state index is -0.155. The summed E-state index contributed by atoms with van der Waals surface area (Å²) in [4.78, 5) is 33.7. The molecule has 1 N–H and O–H groups in total. The summed E-state index contributed by atoms with van der Waals surface area (Å²) in [6.07, 6.45) is 0.942. The predicted octanol–water partition coefficient (Wildman–Crippen LogP) is 4.58. The van der Waals surface area contributed by atoms with Crippen LogP contribution in [0.4, 0.5) is 11.4 Å². The highest BCUT2D eigenvalue weighted by atomic mass is 32.2. The van der Waals surface area contributed by atoms with E-state index in [-0.39, 0.29) is 17.2 Å². The van der Waals surface area contributed by atoms with Crippen LogP contribution in [-0.4, -0.2) is 54.6 Å². The number of ether oxygens (including phenoxy) is 2. The fraction of sp³-hybridized carbons (Fsp3) is 0.300. The zero-order chi connectivity index (χ0) is 27.2. The normalized spacial score (nSPS) is 13.4. The number of nitrogens with one attached hydrogen (secondary N) is 1. The second kappa shape index (κ2) is 12.4. The van der Waals surface area contributed by atoms with Crippen molar-refractivity contribution in [1.29, 1.82) is 0 Å². The summed E-state index contributed by atoms with van der Waals surface area (Å²) in [5.41, 5.74) is 4.35. The third kappa shape index (κ3) is 6.43. The number of methoxy groups -OCH3 is 1. The molecule has 4 aromatic rings. The second-order valence-electron chi connectivity index (χ2n) is 9.32. The van der Waals surface area contributed by atoms with Gasteiger partial charge in [0.05, 0.1) is 43.5 Å². The maximum Gasteiger partial charge on any atom is 0.262 e. The highest BCUT2D eigenvalue weighted by Gasteiger charge is 2.17. The second-order valence-corrected chi connectivity index (χ2v) is 10.3. The van der Waals surface area contributed by atoms with Gasteiger partial charge in [0.1, 0.15) is 5.75 Å². The number of thioether (sulfide) groups is 1. The third-order valence-electron chi connectivity index (χ3n) is 6.76. The number of morpholine rings is 1. The van der Waals surface area contributed by atoms with Gasteiger partial charge in [-0.25, -0.2) is 4.98 Å². The Labute approximate surface area is 232 Å². The van der Waals surface area contributed by atoms with Gasteiger partial charge < -0.3 is 19.7 Å². The highest BCUT2D eigenvalue weighted by molar-refractivity contribution is 7.99. The molecule has 0 bridgehead atoms. The summed E-state index contributed by atoms with van der Waals surface area (Å²) in [6, 6.07) is 21.2. The zero-order valence-corrected chi connectivity index (χ0v) is 23.0. The van der Waals surface area contributed by atoms with Gasteiger partial charge in [-0.3, -0.25) is 14.2 Å². The topological polar surface area (TPSA) is 85.7 Å². The third-order valence-corrected chi connectivity index (χ3v) is 7.73.